The van der Waals surface area contributed by atoms with Gasteiger partial charge in [-0.3, -0.25) is 10.4 Å². The fourth-order valence-electron chi connectivity index (χ4n) is 2.37. The summed E-state index contributed by atoms with van der Waals surface area (Å²) in [7, 11) is 1.74. The van der Waals surface area contributed by atoms with Crippen LogP contribution in [0, 0.1) is 11.8 Å². The monoisotopic (exact) mass is 198 g/mol. The highest BCUT2D eigenvalue weighted by Gasteiger charge is 2.31. The van der Waals surface area contributed by atoms with E-state index in [2.05, 4.69) is 29.6 Å². The van der Waals surface area contributed by atoms with Gasteiger partial charge < -0.3 is 5.32 Å². The zero-order valence-corrected chi connectivity index (χ0v) is 9.38. The van der Waals surface area contributed by atoms with Crippen molar-refractivity contribution in [1.29, 1.82) is 0 Å². The summed E-state index contributed by atoms with van der Waals surface area (Å²) >= 11 is 0. The van der Waals surface area contributed by atoms with E-state index < -0.39 is 0 Å². The number of nitrogens with two attached hydrogens (primary N) is 1. The molecule has 0 radical (unpaired) electrons. The largest absolute Gasteiger partial charge is 0.352 e. The maximum atomic E-state index is 5.33. The van der Waals surface area contributed by atoms with Crippen molar-refractivity contribution in [3.8, 4) is 0 Å². The molecule has 4 heteroatoms. The van der Waals surface area contributed by atoms with Gasteiger partial charge in [0.15, 0.2) is 0 Å². The zero-order valence-electron chi connectivity index (χ0n) is 9.38. The van der Waals surface area contributed by atoms with Gasteiger partial charge in [0.05, 0.1) is 0 Å². The lowest BCUT2D eigenvalue weighted by Gasteiger charge is -2.22. The Morgan fingerprint density at radius 1 is 1.50 bits per heavy atom. The highest BCUT2D eigenvalue weighted by molar-refractivity contribution is 5.79. The standard InChI is InChI=1S/C10H22N4/c1-4-8-5-6-9(7(8)2)13-10(12-3)14-11/h7-9H,4-6,11H2,1-3H3,(H2,12,13,14). The molecule has 0 spiro atoms. The van der Waals surface area contributed by atoms with Gasteiger partial charge in [0.1, 0.15) is 0 Å². The average Bonchev–Trinajstić information content (AvgIpc) is 2.56. The first kappa shape index (κ1) is 11.3. The van der Waals surface area contributed by atoms with E-state index in [1.807, 2.05) is 0 Å². The third kappa shape index (κ3) is 2.38. The SMILES string of the molecule is CCC1CCC(NC(=NC)NN)C1C. The minimum atomic E-state index is 0.523. The molecule has 82 valence electrons. The smallest absolute Gasteiger partial charge is 0.205 e. The number of guanidine groups is 1. The number of rotatable bonds is 2. The van der Waals surface area contributed by atoms with E-state index >= 15 is 0 Å². The van der Waals surface area contributed by atoms with Crippen LogP contribution in [0.5, 0.6) is 0 Å². The minimum Gasteiger partial charge on any atom is -0.352 e. The first-order valence-corrected chi connectivity index (χ1v) is 5.42. The lowest BCUT2D eigenvalue weighted by atomic mass is 9.93. The molecule has 3 unspecified atom stereocenters. The molecule has 1 saturated carbocycles. The molecule has 1 fully saturated rings. The van der Waals surface area contributed by atoms with Crippen molar-refractivity contribution in [2.24, 2.45) is 22.7 Å². The van der Waals surface area contributed by atoms with Crippen LogP contribution in [0.1, 0.15) is 33.1 Å². The molecule has 0 amide bonds. The summed E-state index contributed by atoms with van der Waals surface area (Å²) in [6, 6.07) is 0.523. The van der Waals surface area contributed by atoms with Crippen LogP contribution in [0.2, 0.25) is 0 Å². The molecule has 0 bridgehead atoms. The summed E-state index contributed by atoms with van der Waals surface area (Å²) in [5.41, 5.74) is 2.57. The van der Waals surface area contributed by atoms with Gasteiger partial charge in [0.25, 0.3) is 0 Å². The average molecular weight is 198 g/mol. The Hall–Kier alpha value is -0.770. The molecule has 4 nitrogen and oxygen atoms in total. The van der Waals surface area contributed by atoms with Crippen LogP contribution < -0.4 is 16.6 Å². The summed E-state index contributed by atoms with van der Waals surface area (Å²) in [5.74, 6) is 7.59. The van der Waals surface area contributed by atoms with Crippen LogP contribution in [0.25, 0.3) is 0 Å². The van der Waals surface area contributed by atoms with Crippen molar-refractivity contribution < 1.29 is 0 Å². The summed E-state index contributed by atoms with van der Waals surface area (Å²) in [4.78, 5) is 4.02. The Morgan fingerprint density at radius 3 is 2.64 bits per heavy atom. The molecule has 1 aliphatic carbocycles. The molecular weight excluding hydrogens is 176 g/mol. The van der Waals surface area contributed by atoms with E-state index in [1.54, 1.807) is 7.05 Å². The molecule has 0 saturated heterocycles. The van der Waals surface area contributed by atoms with E-state index in [-0.39, 0.29) is 0 Å². The first-order valence-electron chi connectivity index (χ1n) is 5.42. The van der Waals surface area contributed by atoms with Crippen LogP contribution in [0.15, 0.2) is 4.99 Å². The maximum absolute atomic E-state index is 5.33. The second kappa shape index (κ2) is 5.20. The van der Waals surface area contributed by atoms with E-state index in [0.29, 0.717) is 17.9 Å². The predicted molar refractivity (Wildman–Crippen MR) is 59.8 cm³/mol. The van der Waals surface area contributed by atoms with Crippen LogP contribution >= 0.6 is 0 Å². The molecule has 3 atom stereocenters. The third-order valence-electron chi connectivity index (χ3n) is 3.43. The fourth-order valence-corrected chi connectivity index (χ4v) is 2.37. The zero-order chi connectivity index (χ0) is 10.6. The second-order valence-electron chi connectivity index (χ2n) is 4.07. The van der Waals surface area contributed by atoms with Gasteiger partial charge in [-0.15, -0.1) is 0 Å². The van der Waals surface area contributed by atoms with Crippen molar-refractivity contribution in [2.75, 3.05) is 7.05 Å². The summed E-state index contributed by atoms with van der Waals surface area (Å²) in [5, 5.41) is 3.34. The van der Waals surface area contributed by atoms with E-state index in [1.165, 1.54) is 19.3 Å². The van der Waals surface area contributed by atoms with Gasteiger partial charge in [-0.25, -0.2) is 5.84 Å². The molecule has 0 aliphatic heterocycles. The number of hydrazine groups is 1. The van der Waals surface area contributed by atoms with E-state index in [4.69, 9.17) is 5.84 Å². The summed E-state index contributed by atoms with van der Waals surface area (Å²) in [6.45, 7) is 4.57. The molecule has 0 heterocycles. The molecular formula is C10H22N4. The third-order valence-corrected chi connectivity index (χ3v) is 3.43. The van der Waals surface area contributed by atoms with Crippen molar-refractivity contribution in [2.45, 2.75) is 39.2 Å². The lowest BCUT2D eigenvalue weighted by Crippen LogP contribution is -2.47. The molecule has 1 aliphatic rings. The Kier molecular flexibility index (Phi) is 4.20. The van der Waals surface area contributed by atoms with Gasteiger partial charge in [0, 0.05) is 13.1 Å². The molecule has 0 aromatic rings. The first-order chi connectivity index (χ1) is 6.72. The van der Waals surface area contributed by atoms with E-state index in [0.717, 1.165) is 5.92 Å². The van der Waals surface area contributed by atoms with Gasteiger partial charge in [-0.1, -0.05) is 20.3 Å². The van der Waals surface area contributed by atoms with Crippen molar-refractivity contribution in [3.63, 3.8) is 0 Å². The maximum Gasteiger partial charge on any atom is 0.205 e. The quantitative estimate of drug-likeness (QED) is 0.267. The summed E-state index contributed by atoms with van der Waals surface area (Å²) in [6.07, 6.45) is 3.81. The number of nitrogens with zero attached hydrogens (tertiary/aromatic N) is 1. The Balaban J connectivity index is 2.47. The topological polar surface area (TPSA) is 62.4 Å². The van der Waals surface area contributed by atoms with Gasteiger partial charge in [-0.05, 0) is 24.7 Å². The Labute approximate surface area is 86.3 Å². The molecule has 1 rings (SSSR count). The number of aliphatic imine (C=N–C) groups is 1. The van der Waals surface area contributed by atoms with Crippen LogP contribution in [0.4, 0.5) is 0 Å². The van der Waals surface area contributed by atoms with Crippen molar-refractivity contribution in [3.05, 3.63) is 0 Å². The molecule has 14 heavy (non-hydrogen) atoms. The summed E-state index contributed by atoms with van der Waals surface area (Å²) < 4.78 is 0. The molecule has 0 aromatic carbocycles. The van der Waals surface area contributed by atoms with Crippen LogP contribution in [-0.4, -0.2) is 19.0 Å². The van der Waals surface area contributed by atoms with Gasteiger partial charge >= 0.3 is 0 Å². The highest BCUT2D eigenvalue weighted by atomic mass is 15.3. The van der Waals surface area contributed by atoms with Gasteiger partial charge in [-0.2, -0.15) is 0 Å². The van der Waals surface area contributed by atoms with Crippen LogP contribution in [-0.2, 0) is 0 Å². The number of hydrogen-bond donors (Lipinski definition) is 3. The normalized spacial score (nSPS) is 33.1. The van der Waals surface area contributed by atoms with E-state index in [9.17, 15) is 0 Å². The van der Waals surface area contributed by atoms with Crippen LogP contribution in [0.3, 0.4) is 0 Å². The Bertz CT molecular complexity index is 202. The van der Waals surface area contributed by atoms with Gasteiger partial charge in [0.2, 0.25) is 5.96 Å². The highest BCUT2D eigenvalue weighted by Crippen LogP contribution is 2.33. The molecule has 0 aromatic heterocycles. The number of nitrogens with one attached hydrogen (secondary N) is 2. The lowest BCUT2D eigenvalue weighted by molar-refractivity contribution is 0.367. The minimum absolute atomic E-state index is 0.523. The molecule has 4 N–H and O–H groups in total. The second-order valence-corrected chi connectivity index (χ2v) is 4.07. The predicted octanol–water partition coefficient (Wildman–Crippen LogP) is 0.850. The number of hydrogen-bond acceptors (Lipinski definition) is 2. The Morgan fingerprint density at radius 2 is 2.21 bits per heavy atom. The van der Waals surface area contributed by atoms with Crippen molar-refractivity contribution in [1.82, 2.24) is 10.7 Å². The van der Waals surface area contributed by atoms with Crippen molar-refractivity contribution >= 4 is 5.96 Å². The fraction of sp³-hybridized carbons (Fsp3) is 0.900.